The highest BCUT2D eigenvalue weighted by molar-refractivity contribution is 5.98. The van der Waals surface area contributed by atoms with Gasteiger partial charge in [-0.05, 0) is 93.3 Å². The zero-order valence-electron chi connectivity index (χ0n) is 37.5. The second-order valence-electron chi connectivity index (χ2n) is 17.0. The van der Waals surface area contributed by atoms with Crippen LogP contribution in [0.4, 0.5) is 17.6 Å². The molecule has 3 aromatic carbocycles. The van der Waals surface area contributed by atoms with Crippen LogP contribution in [0.15, 0.2) is 134 Å². The fourth-order valence-corrected chi connectivity index (χ4v) is 8.56. The summed E-state index contributed by atoms with van der Waals surface area (Å²) in [7, 11) is 0. The van der Waals surface area contributed by atoms with Gasteiger partial charge in [-0.15, -0.1) is 0 Å². The Labute approximate surface area is 383 Å². The van der Waals surface area contributed by atoms with Gasteiger partial charge in [-0.3, -0.25) is 9.78 Å². The van der Waals surface area contributed by atoms with E-state index in [2.05, 4.69) is 74.4 Å². The summed E-state index contributed by atoms with van der Waals surface area (Å²) in [5, 5.41) is 20.1. The summed E-state index contributed by atoms with van der Waals surface area (Å²) in [6, 6.07) is 33.2. The minimum atomic E-state index is -0.236. The van der Waals surface area contributed by atoms with Crippen LogP contribution in [0.3, 0.4) is 0 Å². The number of amides is 1. The lowest BCUT2D eigenvalue weighted by atomic mass is 10.0. The summed E-state index contributed by atoms with van der Waals surface area (Å²) < 4.78 is 10.1. The van der Waals surface area contributed by atoms with Gasteiger partial charge in [0.2, 0.25) is 5.95 Å². The first kappa shape index (κ1) is 43.6. The lowest BCUT2D eigenvalue weighted by molar-refractivity contribution is -0.128. The first-order valence-electron chi connectivity index (χ1n) is 22.5. The Kier molecular flexibility index (Phi) is 12.7. The SMILES string of the molecule is C=C(CN(Cc1ccc(-c2ccccn2)cc1)c1nc(N[C@H](CC)CO)nc2c1ccn2C(C)C)C(=O)N1CCC[C@@H](n2nc(-c3ccc(Oc4ccccc4)cc3)c3c(N)ncnc32)C1. The number of pyridine rings is 1. The number of aliphatic hydroxyl groups excluding tert-OH is 1. The van der Waals surface area contributed by atoms with Gasteiger partial charge in [-0.2, -0.15) is 15.1 Å². The molecule has 0 bridgehead atoms. The number of aliphatic hydroxyl groups is 1. The maximum atomic E-state index is 14.7. The number of benzene rings is 3. The highest BCUT2D eigenvalue weighted by Gasteiger charge is 2.31. The van der Waals surface area contributed by atoms with Crippen molar-refractivity contribution in [2.75, 3.05) is 42.2 Å². The number of likely N-dealkylation sites (tertiary alicyclic amines) is 1. The van der Waals surface area contributed by atoms with E-state index in [9.17, 15) is 9.90 Å². The number of piperidine rings is 1. The van der Waals surface area contributed by atoms with E-state index >= 15 is 0 Å². The third-order valence-corrected chi connectivity index (χ3v) is 12.1. The maximum absolute atomic E-state index is 14.7. The van der Waals surface area contributed by atoms with Crippen molar-refractivity contribution in [1.29, 1.82) is 0 Å². The van der Waals surface area contributed by atoms with E-state index in [1.54, 1.807) is 6.20 Å². The number of hydrogen-bond acceptors (Lipinski definition) is 12. The van der Waals surface area contributed by atoms with Crippen LogP contribution in [-0.4, -0.2) is 87.5 Å². The summed E-state index contributed by atoms with van der Waals surface area (Å²) >= 11 is 0. The van der Waals surface area contributed by atoms with Crippen molar-refractivity contribution in [2.45, 2.75) is 64.7 Å². The summed E-state index contributed by atoms with van der Waals surface area (Å²) in [5.41, 5.74) is 12.7. The molecule has 1 amide bonds. The number of hydrogen-bond donors (Lipinski definition) is 3. The summed E-state index contributed by atoms with van der Waals surface area (Å²) in [6.45, 7) is 12.2. The first-order valence-corrected chi connectivity index (χ1v) is 22.5. The van der Waals surface area contributed by atoms with Crippen molar-refractivity contribution in [3.63, 3.8) is 0 Å². The molecule has 15 heteroatoms. The van der Waals surface area contributed by atoms with Gasteiger partial charge in [0.25, 0.3) is 5.91 Å². The fraction of sp³-hybridized carbons (Fsp3) is 0.275. The fourth-order valence-electron chi connectivity index (χ4n) is 8.56. The van der Waals surface area contributed by atoms with Crippen LogP contribution in [0.25, 0.3) is 44.6 Å². The number of nitrogen functional groups attached to an aromatic ring is 1. The minimum Gasteiger partial charge on any atom is -0.457 e. The molecule has 0 saturated carbocycles. The average Bonchev–Trinajstić information content (AvgIpc) is 3.97. The first-order chi connectivity index (χ1) is 32.2. The number of nitrogens with two attached hydrogens (primary N) is 1. The monoisotopic (exact) mass is 882 g/mol. The molecule has 336 valence electrons. The number of carbonyl (C=O) groups is 1. The average molecular weight is 883 g/mol. The standard InChI is InChI=1S/C51H54N12O3/c1-5-38(31-64)56-51-57-47(42-24-27-62(33(2)3)48(42)58-51)61(29-35-16-18-36(19-17-35)43-15-9-10-25-53-43)28-34(4)50(65)60-26-11-12-39(30-60)63-49-44(46(52)54-32-55-49)45(59-63)37-20-22-41(23-21-37)66-40-13-7-6-8-14-40/h6-10,13-25,27,32-33,38-39,64H,4-5,11-12,26,28-31H2,1-3H3,(H2,52,54,55)(H,56,57,58)/t38-,39-/m1/s1. The number of ether oxygens (including phenoxy) is 1. The van der Waals surface area contributed by atoms with Gasteiger partial charge in [0.1, 0.15) is 40.8 Å². The molecule has 5 aromatic heterocycles. The van der Waals surface area contributed by atoms with Crippen LogP contribution in [0, 0.1) is 0 Å². The topological polar surface area (TPSA) is 178 Å². The number of fused-ring (bicyclic) bond motifs is 2. The van der Waals surface area contributed by atoms with E-state index in [0.717, 1.165) is 52.0 Å². The van der Waals surface area contributed by atoms with E-state index in [4.69, 9.17) is 25.5 Å². The van der Waals surface area contributed by atoms with Gasteiger partial charge in [0, 0.05) is 61.3 Å². The molecule has 1 aliphatic rings. The molecule has 0 radical (unpaired) electrons. The van der Waals surface area contributed by atoms with Crippen molar-refractivity contribution in [3.05, 3.63) is 140 Å². The summed E-state index contributed by atoms with van der Waals surface area (Å²) in [5.74, 6) is 2.67. The van der Waals surface area contributed by atoms with Gasteiger partial charge >= 0.3 is 0 Å². The molecule has 1 aliphatic heterocycles. The number of anilines is 3. The third-order valence-electron chi connectivity index (χ3n) is 12.1. The largest absolute Gasteiger partial charge is 0.457 e. The Morgan fingerprint density at radius 2 is 1.68 bits per heavy atom. The Morgan fingerprint density at radius 3 is 2.41 bits per heavy atom. The smallest absolute Gasteiger partial charge is 0.251 e. The van der Waals surface area contributed by atoms with Crippen LogP contribution in [0.1, 0.15) is 57.7 Å². The molecule has 2 atom stereocenters. The Morgan fingerprint density at radius 1 is 0.924 bits per heavy atom. The van der Waals surface area contributed by atoms with Gasteiger partial charge in [0.15, 0.2) is 5.65 Å². The zero-order chi connectivity index (χ0) is 45.7. The second kappa shape index (κ2) is 19.2. The zero-order valence-corrected chi connectivity index (χ0v) is 37.5. The second-order valence-corrected chi connectivity index (χ2v) is 17.0. The molecule has 1 fully saturated rings. The highest BCUT2D eigenvalue weighted by Crippen LogP contribution is 2.36. The van der Waals surface area contributed by atoms with Crippen LogP contribution in [-0.2, 0) is 11.3 Å². The lowest BCUT2D eigenvalue weighted by Crippen LogP contribution is -2.43. The van der Waals surface area contributed by atoms with Crippen LogP contribution < -0.4 is 20.7 Å². The quantitative estimate of drug-likeness (QED) is 0.0787. The molecule has 6 heterocycles. The van der Waals surface area contributed by atoms with E-state index in [-0.39, 0.29) is 37.2 Å². The normalized spacial score (nSPS) is 14.4. The van der Waals surface area contributed by atoms with Gasteiger partial charge < -0.3 is 35.3 Å². The van der Waals surface area contributed by atoms with Crippen molar-refractivity contribution in [2.24, 2.45) is 0 Å². The predicted molar refractivity (Wildman–Crippen MR) is 259 cm³/mol. The minimum absolute atomic E-state index is 0.0689. The number of carbonyl (C=O) groups excluding carboxylic acids is 1. The number of para-hydroxylation sites is 1. The van der Waals surface area contributed by atoms with Gasteiger partial charge in [-0.25, -0.2) is 14.6 Å². The molecule has 8 aromatic rings. The summed E-state index contributed by atoms with van der Waals surface area (Å²) in [6.07, 6.45) is 7.49. The van der Waals surface area contributed by atoms with E-state index in [1.807, 2.05) is 102 Å². The van der Waals surface area contributed by atoms with Crippen molar-refractivity contribution in [3.8, 4) is 34.0 Å². The van der Waals surface area contributed by atoms with Crippen LogP contribution in [0.2, 0.25) is 0 Å². The molecule has 0 unspecified atom stereocenters. The third kappa shape index (κ3) is 9.15. The van der Waals surface area contributed by atoms with E-state index in [1.165, 1.54) is 6.33 Å². The molecule has 66 heavy (non-hydrogen) atoms. The van der Waals surface area contributed by atoms with Crippen molar-refractivity contribution >= 4 is 45.6 Å². The van der Waals surface area contributed by atoms with Gasteiger partial charge in [0.05, 0.1) is 35.2 Å². The number of aromatic nitrogens is 8. The molecule has 1 saturated heterocycles. The van der Waals surface area contributed by atoms with Gasteiger partial charge in [-0.1, -0.05) is 62.0 Å². The van der Waals surface area contributed by atoms with Crippen LogP contribution >= 0.6 is 0 Å². The predicted octanol–water partition coefficient (Wildman–Crippen LogP) is 8.86. The highest BCUT2D eigenvalue weighted by atomic mass is 16.5. The number of rotatable bonds is 16. The Bertz CT molecular complexity index is 2950. The molecular weight excluding hydrogens is 829 g/mol. The van der Waals surface area contributed by atoms with Crippen LogP contribution in [0.5, 0.6) is 11.5 Å². The molecule has 4 N–H and O–H groups in total. The maximum Gasteiger partial charge on any atom is 0.251 e. The molecule has 15 nitrogen and oxygen atoms in total. The molecule has 0 spiro atoms. The number of nitrogens with zero attached hydrogens (tertiary/aromatic N) is 10. The Balaban J connectivity index is 1.00. The lowest BCUT2D eigenvalue weighted by Gasteiger charge is -2.34. The summed E-state index contributed by atoms with van der Waals surface area (Å²) in [4.78, 5) is 42.2. The molecule has 9 rings (SSSR count). The van der Waals surface area contributed by atoms with Crippen molar-refractivity contribution in [1.82, 2.24) is 44.2 Å². The number of nitrogens with one attached hydrogen (secondary N) is 1. The van der Waals surface area contributed by atoms with E-state index in [0.29, 0.717) is 71.7 Å². The molecular formula is C51H54N12O3. The Hall–Kier alpha value is -7.65. The van der Waals surface area contributed by atoms with Crippen molar-refractivity contribution < 1.29 is 14.6 Å². The van der Waals surface area contributed by atoms with E-state index < -0.39 is 0 Å². The molecule has 0 aliphatic carbocycles.